The van der Waals surface area contributed by atoms with Gasteiger partial charge in [0.15, 0.2) is 5.69 Å². The van der Waals surface area contributed by atoms with Crippen molar-refractivity contribution in [3.8, 4) is 11.3 Å². The Morgan fingerprint density at radius 1 is 1.12 bits per heavy atom. The highest BCUT2D eigenvalue weighted by Crippen LogP contribution is 2.40. The molecule has 0 bridgehead atoms. The molecule has 2 aliphatic heterocycles. The Morgan fingerprint density at radius 3 is 2.70 bits per heavy atom. The first-order valence-electron chi connectivity index (χ1n) is 12.8. The highest BCUT2D eigenvalue weighted by molar-refractivity contribution is 7.10. The van der Waals surface area contributed by atoms with Gasteiger partial charge >= 0.3 is 0 Å². The van der Waals surface area contributed by atoms with Gasteiger partial charge in [0.25, 0.3) is 5.91 Å². The maximum Gasteiger partial charge on any atom is 0.274 e. The molecule has 2 aromatic rings. The van der Waals surface area contributed by atoms with Crippen molar-refractivity contribution in [2.75, 3.05) is 39.3 Å². The number of aryl methyl sites for hydroxylation is 1. The number of hydrogen-bond acceptors (Lipinski definition) is 5. The zero-order chi connectivity index (χ0) is 22.6. The number of nitrogens with zero attached hydrogens (tertiary/aromatic N) is 4. The summed E-state index contributed by atoms with van der Waals surface area (Å²) in [5, 5.41) is 7.23. The molecule has 0 radical (unpaired) electrons. The topological polar surface area (TPSA) is 50.6 Å². The second kappa shape index (κ2) is 8.51. The molecule has 4 heterocycles. The van der Waals surface area contributed by atoms with E-state index in [1.54, 1.807) is 0 Å². The first-order chi connectivity index (χ1) is 16.0. The second-order valence-electron chi connectivity index (χ2n) is 11.1. The Hall–Kier alpha value is -1.70. The summed E-state index contributed by atoms with van der Waals surface area (Å²) in [7, 11) is 0. The zero-order valence-electron chi connectivity index (χ0n) is 20.0. The van der Waals surface area contributed by atoms with E-state index < -0.39 is 0 Å². The van der Waals surface area contributed by atoms with Crippen LogP contribution in [0.2, 0.25) is 0 Å². The number of fused-ring (bicyclic) bond motifs is 3. The quantitative estimate of drug-likeness (QED) is 0.663. The maximum absolute atomic E-state index is 13.7. The molecule has 6 nitrogen and oxygen atoms in total. The minimum atomic E-state index is -0.0809. The molecule has 6 rings (SSSR count). The molecule has 1 saturated carbocycles. The van der Waals surface area contributed by atoms with Crippen LogP contribution >= 0.6 is 11.3 Å². The third kappa shape index (κ3) is 4.40. The van der Waals surface area contributed by atoms with E-state index in [-0.39, 0.29) is 11.5 Å². The van der Waals surface area contributed by atoms with Gasteiger partial charge in [-0.25, -0.2) is 0 Å². The van der Waals surface area contributed by atoms with E-state index in [1.807, 2.05) is 11.3 Å². The standard InChI is InChI=1S/C26H36N4O2S/c1-26(2)15-19(7-13-32-26)17-30-24-20-8-14-33-22(20)6-5-21(24)23(27-30)25(31)29-11-9-28(10-12-29)16-18-3-4-18/h8,14,18-19H,3-7,9-13,15-17H2,1-2H3. The van der Waals surface area contributed by atoms with Gasteiger partial charge in [-0.2, -0.15) is 5.10 Å². The number of aromatic nitrogens is 2. The van der Waals surface area contributed by atoms with Crippen LogP contribution in [0.5, 0.6) is 0 Å². The van der Waals surface area contributed by atoms with E-state index >= 15 is 0 Å². The van der Waals surface area contributed by atoms with Gasteiger partial charge in [-0.1, -0.05) is 0 Å². The lowest BCUT2D eigenvalue weighted by Crippen LogP contribution is -2.49. The van der Waals surface area contributed by atoms with Crippen LogP contribution in [-0.4, -0.2) is 70.4 Å². The summed E-state index contributed by atoms with van der Waals surface area (Å²) in [6, 6.07) is 2.23. The molecule has 0 N–H and O–H groups in total. The summed E-state index contributed by atoms with van der Waals surface area (Å²) in [6.45, 7) is 10.9. The van der Waals surface area contributed by atoms with Crippen LogP contribution in [0.15, 0.2) is 11.4 Å². The molecule has 7 heteroatoms. The number of carbonyl (C=O) groups is 1. The van der Waals surface area contributed by atoms with Gasteiger partial charge in [0.05, 0.1) is 11.3 Å². The fourth-order valence-corrected chi connectivity index (χ4v) is 6.91. The minimum absolute atomic E-state index is 0.0809. The number of piperazine rings is 1. The first-order valence-corrected chi connectivity index (χ1v) is 13.7. The number of carbonyl (C=O) groups excluding carboxylic acids is 1. The van der Waals surface area contributed by atoms with Crippen LogP contribution in [0.1, 0.15) is 60.5 Å². The monoisotopic (exact) mass is 468 g/mol. The van der Waals surface area contributed by atoms with E-state index in [0.29, 0.717) is 11.6 Å². The highest BCUT2D eigenvalue weighted by Gasteiger charge is 2.35. The van der Waals surface area contributed by atoms with Crippen molar-refractivity contribution in [2.24, 2.45) is 11.8 Å². The fraction of sp³-hybridized carbons (Fsp3) is 0.692. The first kappa shape index (κ1) is 21.8. The van der Waals surface area contributed by atoms with Gasteiger partial charge in [-0.15, -0.1) is 11.3 Å². The van der Waals surface area contributed by atoms with Crippen LogP contribution in [-0.2, 0) is 24.1 Å². The average Bonchev–Trinajstić information content (AvgIpc) is 3.34. The Bertz CT molecular complexity index is 1030. The normalized spacial score (nSPS) is 25.0. The average molecular weight is 469 g/mol. The van der Waals surface area contributed by atoms with Gasteiger partial charge in [0.2, 0.25) is 0 Å². The van der Waals surface area contributed by atoms with Crippen molar-refractivity contribution in [1.82, 2.24) is 19.6 Å². The molecule has 3 fully saturated rings. The van der Waals surface area contributed by atoms with E-state index in [4.69, 9.17) is 9.84 Å². The maximum atomic E-state index is 13.7. The summed E-state index contributed by atoms with van der Waals surface area (Å²) < 4.78 is 8.14. The van der Waals surface area contributed by atoms with Crippen LogP contribution in [0.3, 0.4) is 0 Å². The van der Waals surface area contributed by atoms with E-state index in [0.717, 1.165) is 70.9 Å². The predicted molar refractivity (Wildman–Crippen MR) is 131 cm³/mol. The number of rotatable bonds is 5. The summed E-state index contributed by atoms with van der Waals surface area (Å²) in [4.78, 5) is 19.7. The summed E-state index contributed by atoms with van der Waals surface area (Å²) in [5.74, 6) is 1.57. The molecular weight excluding hydrogens is 432 g/mol. The lowest BCUT2D eigenvalue weighted by Gasteiger charge is -2.35. The molecule has 1 atom stereocenters. The zero-order valence-corrected chi connectivity index (χ0v) is 20.8. The molecule has 2 aliphatic carbocycles. The Kier molecular flexibility index (Phi) is 5.62. The smallest absolute Gasteiger partial charge is 0.274 e. The van der Waals surface area contributed by atoms with E-state index in [1.165, 1.54) is 41.1 Å². The Balaban J connectivity index is 1.26. The van der Waals surface area contributed by atoms with Gasteiger partial charge in [0, 0.05) is 61.9 Å². The molecule has 33 heavy (non-hydrogen) atoms. The van der Waals surface area contributed by atoms with Crippen LogP contribution in [0.4, 0.5) is 0 Å². The molecule has 178 valence electrons. The highest BCUT2D eigenvalue weighted by atomic mass is 32.1. The van der Waals surface area contributed by atoms with Crippen molar-refractivity contribution < 1.29 is 9.53 Å². The minimum Gasteiger partial charge on any atom is -0.376 e. The SMILES string of the molecule is CC1(C)CC(Cn2nc(C(=O)N3CCN(CC4CC4)CC3)c3c2-c2ccsc2CC3)CCO1. The third-order valence-electron chi connectivity index (χ3n) is 7.96. The molecular formula is C26H36N4O2S. The second-order valence-corrected chi connectivity index (χ2v) is 12.1. The molecule has 1 amide bonds. The van der Waals surface area contributed by atoms with Crippen LogP contribution < -0.4 is 0 Å². The van der Waals surface area contributed by atoms with Crippen molar-refractivity contribution in [1.29, 1.82) is 0 Å². The molecule has 0 spiro atoms. The lowest BCUT2D eigenvalue weighted by atomic mass is 9.88. The molecule has 4 aliphatic rings. The largest absolute Gasteiger partial charge is 0.376 e. The molecule has 2 saturated heterocycles. The Morgan fingerprint density at radius 2 is 1.94 bits per heavy atom. The Labute approximate surface area is 200 Å². The number of ether oxygens (including phenoxy) is 1. The van der Waals surface area contributed by atoms with Crippen molar-refractivity contribution in [3.63, 3.8) is 0 Å². The lowest BCUT2D eigenvalue weighted by molar-refractivity contribution is -0.0752. The van der Waals surface area contributed by atoms with Crippen LogP contribution in [0.25, 0.3) is 11.3 Å². The van der Waals surface area contributed by atoms with Crippen molar-refractivity contribution >= 4 is 17.2 Å². The molecule has 1 unspecified atom stereocenters. The van der Waals surface area contributed by atoms with Gasteiger partial charge in [-0.05, 0) is 75.7 Å². The summed E-state index contributed by atoms with van der Waals surface area (Å²) in [6.07, 6.45) is 6.80. The molecule has 0 aromatic carbocycles. The number of hydrogen-bond donors (Lipinski definition) is 0. The van der Waals surface area contributed by atoms with Crippen LogP contribution in [0, 0.1) is 11.8 Å². The van der Waals surface area contributed by atoms with Gasteiger partial charge in [0.1, 0.15) is 0 Å². The third-order valence-corrected chi connectivity index (χ3v) is 8.94. The number of amides is 1. The predicted octanol–water partition coefficient (Wildman–Crippen LogP) is 4.08. The van der Waals surface area contributed by atoms with E-state index in [2.05, 4.69) is 39.8 Å². The van der Waals surface area contributed by atoms with Gasteiger partial charge < -0.3 is 9.64 Å². The van der Waals surface area contributed by atoms with Gasteiger partial charge in [-0.3, -0.25) is 14.4 Å². The summed E-state index contributed by atoms with van der Waals surface area (Å²) >= 11 is 1.84. The number of thiophene rings is 1. The molecule has 2 aromatic heterocycles. The summed E-state index contributed by atoms with van der Waals surface area (Å²) in [5.41, 5.74) is 4.31. The fourth-order valence-electron chi connectivity index (χ4n) is 6.03. The van der Waals surface area contributed by atoms with Crippen molar-refractivity contribution in [3.05, 3.63) is 27.6 Å². The van der Waals surface area contributed by atoms with E-state index in [9.17, 15) is 4.79 Å². The van der Waals surface area contributed by atoms with Crippen molar-refractivity contribution in [2.45, 2.75) is 64.5 Å².